The van der Waals surface area contributed by atoms with Crippen LogP contribution < -0.4 is 5.32 Å². The first-order chi connectivity index (χ1) is 9.89. The Morgan fingerprint density at radius 2 is 2.05 bits per heavy atom. The molecule has 1 aromatic carbocycles. The van der Waals surface area contributed by atoms with E-state index in [-0.39, 0.29) is 18.2 Å². The summed E-state index contributed by atoms with van der Waals surface area (Å²) in [7, 11) is 0. The van der Waals surface area contributed by atoms with Gasteiger partial charge in [0.1, 0.15) is 6.07 Å². The normalized spacial score (nSPS) is 14.8. The number of amides is 1. The summed E-state index contributed by atoms with van der Waals surface area (Å²) in [6.45, 7) is -1.42. The molecule has 21 heavy (non-hydrogen) atoms. The van der Waals surface area contributed by atoms with Crippen molar-refractivity contribution in [3.05, 3.63) is 29.8 Å². The molecule has 0 atom stereocenters. The quantitative estimate of drug-likeness (QED) is 0.908. The maximum Gasteiger partial charge on any atom is 0.401 e. The smallest absolute Gasteiger partial charge is 0.324 e. The Balaban J connectivity index is 1.98. The van der Waals surface area contributed by atoms with E-state index in [2.05, 4.69) is 5.32 Å². The standard InChI is InChI=1S/C14H14F3N3O/c15-14(16,17)9-20(11-5-6-11)8-13(21)19-12-4-2-1-3-10(12)7-18/h1-4,11H,5-6,8-9H2,(H,19,21). The molecular formula is C14H14F3N3O. The second kappa shape index (κ2) is 6.14. The molecule has 1 N–H and O–H groups in total. The van der Waals surface area contributed by atoms with E-state index >= 15 is 0 Å². The Hall–Kier alpha value is -2.07. The number of nitrogens with zero attached hydrogens (tertiary/aromatic N) is 2. The van der Waals surface area contributed by atoms with Crippen LogP contribution in [0.4, 0.5) is 18.9 Å². The minimum atomic E-state index is -4.33. The number of carbonyl (C=O) groups is 1. The number of nitriles is 1. The topological polar surface area (TPSA) is 56.1 Å². The molecule has 0 aliphatic heterocycles. The number of alkyl halides is 3. The van der Waals surface area contributed by atoms with Crippen molar-refractivity contribution in [2.24, 2.45) is 0 Å². The van der Waals surface area contributed by atoms with Gasteiger partial charge in [0.25, 0.3) is 0 Å². The van der Waals surface area contributed by atoms with E-state index in [0.717, 1.165) is 4.90 Å². The fraction of sp³-hybridized carbons (Fsp3) is 0.429. The van der Waals surface area contributed by atoms with Crippen molar-refractivity contribution in [1.29, 1.82) is 5.26 Å². The van der Waals surface area contributed by atoms with Gasteiger partial charge in [0.15, 0.2) is 0 Å². The van der Waals surface area contributed by atoms with E-state index in [9.17, 15) is 18.0 Å². The van der Waals surface area contributed by atoms with Gasteiger partial charge in [-0.15, -0.1) is 0 Å². The van der Waals surface area contributed by atoms with Crippen molar-refractivity contribution >= 4 is 11.6 Å². The number of anilines is 1. The zero-order valence-electron chi connectivity index (χ0n) is 11.2. The molecule has 112 valence electrons. The van der Waals surface area contributed by atoms with Crippen LogP contribution in [0.3, 0.4) is 0 Å². The second-order valence-electron chi connectivity index (χ2n) is 4.96. The SMILES string of the molecule is N#Cc1ccccc1NC(=O)CN(CC(F)(F)F)C1CC1. The molecule has 4 nitrogen and oxygen atoms in total. The largest absolute Gasteiger partial charge is 0.401 e. The van der Waals surface area contributed by atoms with Crippen LogP contribution in [-0.4, -0.2) is 36.1 Å². The lowest BCUT2D eigenvalue weighted by Crippen LogP contribution is -2.41. The lowest BCUT2D eigenvalue weighted by atomic mass is 10.2. The van der Waals surface area contributed by atoms with Gasteiger partial charge in [-0.05, 0) is 25.0 Å². The molecule has 0 aromatic heterocycles. The first-order valence-corrected chi connectivity index (χ1v) is 6.49. The average molecular weight is 297 g/mol. The van der Waals surface area contributed by atoms with Gasteiger partial charge in [0, 0.05) is 6.04 Å². The Kier molecular flexibility index (Phi) is 4.48. The third-order valence-electron chi connectivity index (χ3n) is 3.11. The zero-order chi connectivity index (χ0) is 15.5. The van der Waals surface area contributed by atoms with Crippen LogP contribution in [0.15, 0.2) is 24.3 Å². The molecule has 0 bridgehead atoms. The first kappa shape index (κ1) is 15.3. The van der Waals surface area contributed by atoms with Crippen molar-refractivity contribution in [1.82, 2.24) is 4.90 Å². The molecule has 2 rings (SSSR count). The van der Waals surface area contributed by atoms with Crippen LogP contribution in [0, 0.1) is 11.3 Å². The molecule has 0 saturated heterocycles. The van der Waals surface area contributed by atoms with Crippen LogP contribution in [0.1, 0.15) is 18.4 Å². The molecule has 1 aliphatic carbocycles. The summed E-state index contributed by atoms with van der Waals surface area (Å²) in [5.41, 5.74) is 0.590. The fourth-order valence-electron chi connectivity index (χ4n) is 2.05. The van der Waals surface area contributed by atoms with Gasteiger partial charge >= 0.3 is 6.18 Å². The van der Waals surface area contributed by atoms with Crippen LogP contribution in [-0.2, 0) is 4.79 Å². The summed E-state index contributed by atoms with van der Waals surface area (Å²) in [6, 6.07) is 8.11. The number of benzene rings is 1. The van der Waals surface area contributed by atoms with Gasteiger partial charge < -0.3 is 5.32 Å². The highest BCUT2D eigenvalue weighted by molar-refractivity contribution is 5.93. The van der Waals surface area contributed by atoms with E-state index in [0.29, 0.717) is 18.5 Å². The van der Waals surface area contributed by atoms with Gasteiger partial charge in [0.2, 0.25) is 5.91 Å². The highest BCUT2D eigenvalue weighted by Crippen LogP contribution is 2.29. The number of carbonyl (C=O) groups excluding carboxylic acids is 1. The van der Waals surface area contributed by atoms with Crippen LogP contribution in [0.25, 0.3) is 0 Å². The predicted octanol–water partition coefficient (Wildman–Crippen LogP) is 2.52. The summed E-state index contributed by atoms with van der Waals surface area (Å²) in [5, 5.41) is 11.4. The van der Waals surface area contributed by atoms with Gasteiger partial charge in [-0.25, -0.2) is 0 Å². The molecule has 1 aliphatic rings. The van der Waals surface area contributed by atoms with E-state index in [4.69, 9.17) is 5.26 Å². The van der Waals surface area contributed by atoms with E-state index in [1.165, 1.54) is 6.07 Å². The van der Waals surface area contributed by atoms with Gasteiger partial charge in [-0.3, -0.25) is 9.69 Å². The fourth-order valence-corrected chi connectivity index (χ4v) is 2.05. The van der Waals surface area contributed by atoms with Crippen LogP contribution in [0.2, 0.25) is 0 Å². The van der Waals surface area contributed by atoms with E-state index in [1.54, 1.807) is 18.2 Å². The molecule has 0 radical (unpaired) electrons. The molecule has 0 spiro atoms. The first-order valence-electron chi connectivity index (χ1n) is 6.49. The van der Waals surface area contributed by atoms with Crippen LogP contribution in [0.5, 0.6) is 0 Å². The highest BCUT2D eigenvalue weighted by atomic mass is 19.4. The molecule has 1 amide bonds. The maximum atomic E-state index is 12.5. The summed E-state index contributed by atoms with van der Waals surface area (Å²) >= 11 is 0. The summed E-state index contributed by atoms with van der Waals surface area (Å²) in [6.07, 6.45) is -2.97. The van der Waals surface area contributed by atoms with E-state index in [1.807, 2.05) is 6.07 Å². The average Bonchev–Trinajstić information content (AvgIpc) is 3.21. The lowest BCUT2D eigenvalue weighted by molar-refractivity contribution is -0.149. The van der Waals surface area contributed by atoms with E-state index < -0.39 is 18.6 Å². The van der Waals surface area contributed by atoms with Crippen molar-refractivity contribution in [3.63, 3.8) is 0 Å². The zero-order valence-corrected chi connectivity index (χ0v) is 11.2. The van der Waals surface area contributed by atoms with Crippen LogP contribution >= 0.6 is 0 Å². The summed E-state index contributed by atoms with van der Waals surface area (Å²) < 4.78 is 37.4. The minimum absolute atomic E-state index is 0.177. The third-order valence-corrected chi connectivity index (χ3v) is 3.11. The highest BCUT2D eigenvalue weighted by Gasteiger charge is 2.38. The molecule has 0 unspecified atom stereocenters. The number of halogens is 3. The number of hydrogen-bond acceptors (Lipinski definition) is 3. The Morgan fingerprint density at radius 1 is 1.38 bits per heavy atom. The molecule has 1 fully saturated rings. The predicted molar refractivity (Wildman–Crippen MR) is 70.4 cm³/mol. The number of rotatable bonds is 5. The lowest BCUT2D eigenvalue weighted by Gasteiger charge is -2.22. The van der Waals surface area contributed by atoms with Gasteiger partial charge in [0.05, 0.1) is 24.3 Å². The van der Waals surface area contributed by atoms with Gasteiger partial charge in [-0.1, -0.05) is 12.1 Å². The molecule has 0 heterocycles. The Bertz CT molecular complexity index is 561. The van der Waals surface area contributed by atoms with Crippen molar-refractivity contribution < 1.29 is 18.0 Å². The maximum absolute atomic E-state index is 12.5. The Labute approximate surface area is 120 Å². The third kappa shape index (κ3) is 4.76. The monoisotopic (exact) mass is 297 g/mol. The van der Waals surface area contributed by atoms with Crippen molar-refractivity contribution in [3.8, 4) is 6.07 Å². The molecule has 1 aromatic rings. The number of nitrogens with one attached hydrogen (secondary N) is 1. The summed E-state index contributed by atoms with van der Waals surface area (Å²) in [5.74, 6) is -0.547. The number of para-hydroxylation sites is 1. The second-order valence-corrected chi connectivity index (χ2v) is 4.96. The molecule has 7 heteroatoms. The van der Waals surface area contributed by atoms with Gasteiger partial charge in [-0.2, -0.15) is 18.4 Å². The number of hydrogen-bond donors (Lipinski definition) is 1. The summed E-state index contributed by atoms with van der Waals surface area (Å²) in [4.78, 5) is 13.0. The molecular weight excluding hydrogens is 283 g/mol. The minimum Gasteiger partial charge on any atom is -0.324 e. The van der Waals surface area contributed by atoms with Crippen molar-refractivity contribution in [2.45, 2.75) is 25.1 Å². The molecule has 1 saturated carbocycles. The Morgan fingerprint density at radius 3 is 2.62 bits per heavy atom. The van der Waals surface area contributed by atoms with Crippen molar-refractivity contribution in [2.75, 3.05) is 18.4 Å².